The summed E-state index contributed by atoms with van der Waals surface area (Å²) in [5, 5.41) is 9.47. The van der Waals surface area contributed by atoms with Crippen LogP contribution in [0.1, 0.15) is 31.2 Å². The number of likely N-dealkylation sites (tertiary alicyclic amines) is 1. The van der Waals surface area contributed by atoms with Crippen LogP contribution in [0, 0.1) is 11.3 Å². The quantitative estimate of drug-likeness (QED) is 0.831. The Morgan fingerprint density at radius 3 is 2.32 bits per heavy atom. The fourth-order valence-corrected chi connectivity index (χ4v) is 3.78. The second kappa shape index (κ2) is 8.55. The number of hydrogen-bond donors (Lipinski definition) is 0. The average molecular weight is 361 g/mol. The Morgan fingerprint density at radius 2 is 1.72 bits per heavy atom. The van der Waals surface area contributed by atoms with E-state index in [1.807, 2.05) is 17.0 Å². The van der Waals surface area contributed by atoms with Crippen LogP contribution < -0.4 is 4.90 Å². The first-order valence-corrected chi connectivity index (χ1v) is 9.50. The molecule has 0 radical (unpaired) electrons. The zero-order chi connectivity index (χ0) is 17.6. The highest BCUT2D eigenvalue weighted by Gasteiger charge is 2.22. The maximum Gasteiger partial charge on any atom is 0.236 e. The maximum atomic E-state index is 12.5. The highest BCUT2D eigenvalue weighted by atomic mass is 35.5. The van der Waals surface area contributed by atoms with Gasteiger partial charge in [-0.25, -0.2) is 0 Å². The molecule has 6 heteroatoms. The third-order valence-electron chi connectivity index (χ3n) is 5.13. The number of rotatable bonds is 3. The van der Waals surface area contributed by atoms with Crippen molar-refractivity contribution in [2.75, 3.05) is 50.7 Å². The van der Waals surface area contributed by atoms with Crippen LogP contribution in [0.2, 0.25) is 5.02 Å². The summed E-state index contributed by atoms with van der Waals surface area (Å²) >= 11 is 6.14. The van der Waals surface area contributed by atoms with Gasteiger partial charge < -0.3 is 9.80 Å². The molecule has 2 heterocycles. The lowest BCUT2D eigenvalue weighted by molar-refractivity contribution is -0.132. The number of carbonyl (C=O) groups excluding carboxylic acids is 1. The number of hydrogen-bond acceptors (Lipinski definition) is 4. The lowest BCUT2D eigenvalue weighted by Gasteiger charge is -2.36. The Balaban J connectivity index is 1.50. The molecule has 0 N–H and O–H groups in total. The second-order valence-corrected chi connectivity index (χ2v) is 7.24. The SMILES string of the molecule is N#Cc1ccc(N2CCN(CC(=O)N3CCCCCC3)CC2)cc1Cl. The van der Waals surface area contributed by atoms with E-state index < -0.39 is 0 Å². The smallest absolute Gasteiger partial charge is 0.236 e. The minimum atomic E-state index is 0.275. The molecule has 1 amide bonds. The van der Waals surface area contributed by atoms with Crippen LogP contribution in [0.25, 0.3) is 0 Å². The maximum absolute atomic E-state index is 12.5. The predicted molar refractivity (Wildman–Crippen MR) is 99.9 cm³/mol. The Hall–Kier alpha value is -1.77. The fourth-order valence-electron chi connectivity index (χ4n) is 3.57. The van der Waals surface area contributed by atoms with Crippen LogP contribution in [0.4, 0.5) is 5.69 Å². The lowest BCUT2D eigenvalue weighted by atomic mass is 10.2. The highest BCUT2D eigenvalue weighted by Crippen LogP contribution is 2.24. The molecular weight excluding hydrogens is 336 g/mol. The monoisotopic (exact) mass is 360 g/mol. The number of amides is 1. The van der Waals surface area contributed by atoms with E-state index in [1.165, 1.54) is 12.8 Å². The number of benzene rings is 1. The molecule has 0 atom stereocenters. The minimum Gasteiger partial charge on any atom is -0.369 e. The number of anilines is 1. The van der Waals surface area contributed by atoms with Crippen molar-refractivity contribution in [2.45, 2.75) is 25.7 Å². The molecule has 2 saturated heterocycles. The first-order chi connectivity index (χ1) is 12.2. The average Bonchev–Trinajstić information content (AvgIpc) is 2.92. The van der Waals surface area contributed by atoms with E-state index in [0.717, 1.165) is 57.8 Å². The van der Waals surface area contributed by atoms with Crippen LogP contribution >= 0.6 is 11.6 Å². The zero-order valence-corrected chi connectivity index (χ0v) is 15.3. The minimum absolute atomic E-state index is 0.275. The molecule has 0 spiro atoms. The summed E-state index contributed by atoms with van der Waals surface area (Å²) in [5.41, 5.74) is 1.55. The van der Waals surface area contributed by atoms with Crippen molar-refractivity contribution >= 4 is 23.2 Å². The molecule has 0 aromatic heterocycles. The Bertz CT molecular complexity index is 641. The molecule has 3 rings (SSSR count). The molecule has 2 aliphatic rings. The Kier molecular flexibility index (Phi) is 6.17. The van der Waals surface area contributed by atoms with Crippen molar-refractivity contribution < 1.29 is 4.79 Å². The van der Waals surface area contributed by atoms with E-state index in [0.29, 0.717) is 17.1 Å². The molecule has 0 aliphatic carbocycles. The van der Waals surface area contributed by atoms with Gasteiger partial charge in [0.2, 0.25) is 5.91 Å². The van der Waals surface area contributed by atoms with E-state index in [4.69, 9.17) is 16.9 Å². The number of carbonyl (C=O) groups is 1. The van der Waals surface area contributed by atoms with Gasteiger partial charge in [0, 0.05) is 45.0 Å². The topological polar surface area (TPSA) is 50.6 Å². The van der Waals surface area contributed by atoms with Gasteiger partial charge in [-0.3, -0.25) is 9.69 Å². The number of halogens is 1. The molecular formula is C19H25ClN4O. The molecule has 1 aromatic carbocycles. The summed E-state index contributed by atoms with van der Waals surface area (Å²) in [6, 6.07) is 7.67. The molecule has 0 saturated carbocycles. The van der Waals surface area contributed by atoms with Gasteiger partial charge in [0.25, 0.3) is 0 Å². The number of piperazine rings is 1. The van der Waals surface area contributed by atoms with Gasteiger partial charge >= 0.3 is 0 Å². The van der Waals surface area contributed by atoms with E-state index in [1.54, 1.807) is 6.07 Å². The van der Waals surface area contributed by atoms with Crippen LogP contribution in [-0.2, 0) is 4.79 Å². The highest BCUT2D eigenvalue weighted by molar-refractivity contribution is 6.32. The van der Waals surface area contributed by atoms with E-state index in [9.17, 15) is 4.79 Å². The summed E-state index contributed by atoms with van der Waals surface area (Å²) in [4.78, 5) is 19.1. The van der Waals surface area contributed by atoms with Crippen molar-refractivity contribution in [3.8, 4) is 6.07 Å². The molecule has 25 heavy (non-hydrogen) atoms. The third-order valence-corrected chi connectivity index (χ3v) is 5.44. The van der Waals surface area contributed by atoms with Crippen molar-refractivity contribution in [3.63, 3.8) is 0 Å². The number of nitriles is 1. The van der Waals surface area contributed by atoms with Crippen molar-refractivity contribution in [2.24, 2.45) is 0 Å². The summed E-state index contributed by atoms with van der Waals surface area (Å²) in [7, 11) is 0. The van der Waals surface area contributed by atoms with Crippen LogP contribution in [0.3, 0.4) is 0 Å². The van der Waals surface area contributed by atoms with Gasteiger partial charge in [-0.15, -0.1) is 0 Å². The van der Waals surface area contributed by atoms with Gasteiger partial charge in [-0.1, -0.05) is 24.4 Å². The molecule has 1 aromatic rings. The van der Waals surface area contributed by atoms with E-state index in [2.05, 4.69) is 15.9 Å². The molecule has 0 unspecified atom stereocenters. The standard InChI is InChI=1S/C19H25ClN4O/c20-18-13-17(6-5-16(18)14-21)23-11-9-22(10-12-23)15-19(25)24-7-3-1-2-4-8-24/h5-6,13H,1-4,7-12,15H2. The van der Waals surface area contributed by atoms with Gasteiger partial charge in [0.15, 0.2) is 0 Å². The largest absolute Gasteiger partial charge is 0.369 e. The normalized spacial score (nSPS) is 19.4. The Labute approximate surface area is 154 Å². The first-order valence-electron chi connectivity index (χ1n) is 9.12. The Morgan fingerprint density at radius 1 is 1.04 bits per heavy atom. The van der Waals surface area contributed by atoms with Gasteiger partial charge in [0.1, 0.15) is 6.07 Å². The fraction of sp³-hybridized carbons (Fsp3) is 0.579. The first kappa shape index (κ1) is 18.0. The van der Waals surface area contributed by atoms with Crippen molar-refractivity contribution in [1.82, 2.24) is 9.80 Å². The summed E-state index contributed by atoms with van der Waals surface area (Å²) in [6.07, 6.45) is 4.77. The summed E-state index contributed by atoms with van der Waals surface area (Å²) < 4.78 is 0. The third kappa shape index (κ3) is 4.65. The van der Waals surface area contributed by atoms with Gasteiger partial charge in [-0.2, -0.15) is 5.26 Å². The van der Waals surface area contributed by atoms with Gasteiger partial charge in [0.05, 0.1) is 17.1 Å². The van der Waals surface area contributed by atoms with E-state index in [-0.39, 0.29) is 5.91 Å². The van der Waals surface area contributed by atoms with Crippen molar-refractivity contribution in [3.05, 3.63) is 28.8 Å². The molecule has 0 bridgehead atoms. The number of nitrogens with zero attached hydrogens (tertiary/aromatic N) is 4. The lowest BCUT2D eigenvalue weighted by Crippen LogP contribution is -2.50. The van der Waals surface area contributed by atoms with E-state index >= 15 is 0 Å². The second-order valence-electron chi connectivity index (χ2n) is 6.83. The summed E-state index contributed by atoms with van der Waals surface area (Å²) in [6.45, 7) is 5.85. The molecule has 2 aliphatic heterocycles. The van der Waals surface area contributed by atoms with Crippen molar-refractivity contribution in [1.29, 1.82) is 5.26 Å². The summed E-state index contributed by atoms with van der Waals surface area (Å²) in [5.74, 6) is 0.275. The molecule has 5 nitrogen and oxygen atoms in total. The zero-order valence-electron chi connectivity index (χ0n) is 14.6. The molecule has 134 valence electrons. The predicted octanol–water partition coefficient (Wildman–Crippen LogP) is 2.74. The van der Waals surface area contributed by atoms with Crippen LogP contribution in [0.5, 0.6) is 0 Å². The molecule has 2 fully saturated rings. The van der Waals surface area contributed by atoms with Crippen LogP contribution in [0.15, 0.2) is 18.2 Å². The van der Waals surface area contributed by atoms with Crippen LogP contribution in [-0.4, -0.2) is 61.5 Å². The van der Waals surface area contributed by atoms with Gasteiger partial charge in [-0.05, 0) is 31.0 Å².